The van der Waals surface area contributed by atoms with Gasteiger partial charge in [0.15, 0.2) is 0 Å². The highest BCUT2D eigenvalue weighted by molar-refractivity contribution is 5.93. The SMILES string of the molecule is Cc1c(N2CCN(Cc3cccc(C(N)=O)c3F)CC2)c(=O)n(C[C@H](c2ccccc2)N2CCCC2=O)c(=O)n1Cc1c(F)cccc1C(F)(F)F. The molecule has 1 aromatic heterocycles. The molecule has 4 aromatic rings. The molecule has 1 atom stereocenters. The molecular formula is C37H37F5N6O4. The number of amides is 2. The van der Waals surface area contributed by atoms with Crippen LogP contribution < -0.4 is 21.9 Å². The maximum absolute atomic E-state index is 15.2. The minimum Gasteiger partial charge on any atom is -0.366 e. The summed E-state index contributed by atoms with van der Waals surface area (Å²) in [4.78, 5) is 58.5. The van der Waals surface area contributed by atoms with Crippen LogP contribution in [0.1, 0.15) is 57.2 Å². The van der Waals surface area contributed by atoms with Gasteiger partial charge < -0.3 is 15.5 Å². The van der Waals surface area contributed by atoms with Crippen molar-refractivity contribution in [2.45, 2.75) is 51.6 Å². The highest BCUT2D eigenvalue weighted by Gasteiger charge is 2.36. The highest BCUT2D eigenvalue weighted by atomic mass is 19.4. The van der Waals surface area contributed by atoms with Crippen LogP contribution in [0.3, 0.4) is 0 Å². The fourth-order valence-corrected chi connectivity index (χ4v) is 7.13. The molecule has 3 aromatic carbocycles. The van der Waals surface area contributed by atoms with Crippen molar-refractivity contribution in [1.82, 2.24) is 18.9 Å². The quantitative estimate of drug-likeness (QED) is 0.242. The zero-order valence-electron chi connectivity index (χ0n) is 28.3. The second-order valence-corrected chi connectivity index (χ2v) is 13.0. The van der Waals surface area contributed by atoms with Gasteiger partial charge in [-0.1, -0.05) is 48.5 Å². The van der Waals surface area contributed by atoms with E-state index in [-0.39, 0.29) is 61.0 Å². The Kier molecular flexibility index (Phi) is 10.3. The number of carbonyl (C=O) groups is 2. The van der Waals surface area contributed by atoms with Crippen LogP contribution in [0.15, 0.2) is 76.3 Å². The number of rotatable bonds is 10. The van der Waals surface area contributed by atoms with Gasteiger partial charge in [-0.15, -0.1) is 0 Å². The van der Waals surface area contributed by atoms with Crippen molar-refractivity contribution in [2.24, 2.45) is 5.73 Å². The Morgan fingerprint density at radius 1 is 0.846 bits per heavy atom. The number of hydrogen-bond donors (Lipinski definition) is 1. The number of alkyl halides is 3. The first-order valence-corrected chi connectivity index (χ1v) is 16.8. The van der Waals surface area contributed by atoms with Gasteiger partial charge in [-0.05, 0) is 37.1 Å². The minimum absolute atomic E-state index is 0.0461. The monoisotopic (exact) mass is 724 g/mol. The fraction of sp³-hybridized carbons (Fsp3) is 0.351. The molecular weight excluding hydrogens is 687 g/mol. The third-order valence-electron chi connectivity index (χ3n) is 9.85. The van der Waals surface area contributed by atoms with Crippen molar-refractivity contribution in [1.29, 1.82) is 0 Å². The summed E-state index contributed by atoms with van der Waals surface area (Å²) in [6.45, 7) is 1.92. The third-order valence-corrected chi connectivity index (χ3v) is 9.85. The van der Waals surface area contributed by atoms with E-state index in [0.717, 1.165) is 27.3 Å². The van der Waals surface area contributed by atoms with Crippen LogP contribution in [-0.2, 0) is 30.6 Å². The van der Waals surface area contributed by atoms with E-state index >= 15 is 4.39 Å². The van der Waals surface area contributed by atoms with Crippen LogP contribution in [0, 0.1) is 18.6 Å². The Hall–Kier alpha value is -5.31. The van der Waals surface area contributed by atoms with E-state index in [1.165, 1.54) is 19.1 Å². The van der Waals surface area contributed by atoms with Crippen LogP contribution in [0.25, 0.3) is 0 Å². The maximum atomic E-state index is 15.2. The number of nitrogens with zero attached hydrogens (tertiary/aromatic N) is 5. The number of aromatic nitrogens is 2. The van der Waals surface area contributed by atoms with Crippen LogP contribution >= 0.6 is 0 Å². The molecule has 2 fully saturated rings. The van der Waals surface area contributed by atoms with Crippen molar-refractivity contribution in [3.8, 4) is 0 Å². The van der Waals surface area contributed by atoms with Gasteiger partial charge in [0.2, 0.25) is 5.91 Å². The molecule has 10 nitrogen and oxygen atoms in total. The second-order valence-electron chi connectivity index (χ2n) is 13.0. The molecule has 2 saturated heterocycles. The summed E-state index contributed by atoms with van der Waals surface area (Å²) in [5.74, 6) is -2.94. The van der Waals surface area contributed by atoms with Gasteiger partial charge in [0.1, 0.15) is 17.3 Å². The van der Waals surface area contributed by atoms with E-state index in [4.69, 9.17) is 5.73 Å². The molecule has 2 amide bonds. The van der Waals surface area contributed by atoms with Gasteiger partial charge in [-0.2, -0.15) is 13.2 Å². The van der Waals surface area contributed by atoms with E-state index in [0.29, 0.717) is 31.6 Å². The molecule has 3 heterocycles. The summed E-state index contributed by atoms with van der Waals surface area (Å²) in [6.07, 6.45) is -4.06. The van der Waals surface area contributed by atoms with Gasteiger partial charge in [0.05, 0.1) is 30.3 Å². The van der Waals surface area contributed by atoms with Crippen LogP contribution in [-0.4, -0.2) is 63.5 Å². The number of carbonyl (C=O) groups excluding carboxylic acids is 2. The number of halogens is 5. The van der Waals surface area contributed by atoms with Crippen molar-refractivity contribution in [2.75, 3.05) is 37.6 Å². The van der Waals surface area contributed by atoms with Crippen molar-refractivity contribution < 1.29 is 31.5 Å². The lowest BCUT2D eigenvalue weighted by atomic mass is 10.0. The van der Waals surface area contributed by atoms with Crippen molar-refractivity contribution in [3.05, 3.63) is 133 Å². The molecule has 0 bridgehead atoms. The summed E-state index contributed by atoms with van der Waals surface area (Å²) in [6, 6.07) is 15.0. The zero-order chi connectivity index (χ0) is 37.3. The predicted molar refractivity (Wildman–Crippen MR) is 183 cm³/mol. The van der Waals surface area contributed by atoms with E-state index in [1.807, 2.05) is 4.90 Å². The van der Waals surface area contributed by atoms with Crippen LogP contribution in [0.5, 0.6) is 0 Å². The van der Waals surface area contributed by atoms with Crippen molar-refractivity contribution in [3.63, 3.8) is 0 Å². The van der Waals surface area contributed by atoms with Crippen LogP contribution in [0.4, 0.5) is 27.6 Å². The molecule has 0 spiro atoms. The molecule has 0 unspecified atom stereocenters. The molecule has 2 N–H and O–H groups in total. The van der Waals surface area contributed by atoms with Gasteiger partial charge >= 0.3 is 11.9 Å². The summed E-state index contributed by atoms with van der Waals surface area (Å²) < 4.78 is 74.3. The molecule has 52 heavy (non-hydrogen) atoms. The largest absolute Gasteiger partial charge is 0.416 e. The molecule has 0 saturated carbocycles. The van der Waals surface area contributed by atoms with Crippen LogP contribution in [0.2, 0.25) is 0 Å². The van der Waals surface area contributed by atoms with E-state index in [9.17, 15) is 36.7 Å². The zero-order valence-corrected chi connectivity index (χ0v) is 28.3. The lowest BCUT2D eigenvalue weighted by Gasteiger charge is -2.37. The Balaban J connectivity index is 1.41. The fourth-order valence-electron chi connectivity index (χ4n) is 7.13. The summed E-state index contributed by atoms with van der Waals surface area (Å²) in [5, 5.41) is 0. The second kappa shape index (κ2) is 14.7. The number of piperazine rings is 1. The van der Waals surface area contributed by atoms with E-state index in [2.05, 4.69) is 0 Å². The topological polar surface area (TPSA) is 114 Å². The molecule has 0 aliphatic carbocycles. The maximum Gasteiger partial charge on any atom is 0.416 e. The van der Waals surface area contributed by atoms with Gasteiger partial charge in [-0.3, -0.25) is 28.4 Å². The first-order chi connectivity index (χ1) is 24.8. The number of nitrogens with two attached hydrogens (primary N) is 1. The molecule has 6 rings (SSSR count). The Morgan fingerprint density at radius 3 is 2.17 bits per heavy atom. The van der Waals surface area contributed by atoms with Gasteiger partial charge in [-0.25, -0.2) is 13.6 Å². The molecule has 2 aliphatic heterocycles. The first kappa shape index (κ1) is 36.5. The minimum atomic E-state index is -4.92. The van der Waals surface area contributed by atoms with Crippen molar-refractivity contribution >= 4 is 17.5 Å². The number of primary amides is 1. The smallest absolute Gasteiger partial charge is 0.366 e. The van der Waals surface area contributed by atoms with E-state index < -0.39 is 58.7 Å². The average molecular weight is 725 g/mol. The standard InChI is InChI=1S/C37H37F5N6O4/c1-23-33(45-18-16-44(17-19-45)20-25-10-5-11-26(32(25)39)34(43)50)35(51)48(22-30(24-8-3-2-4-9-24)46-15-7-14-31(46)49)36(52)47(23)21-27-28(37(40,41)42)12-6-13-29(27)38/h2-6,8-13,30H,7,14-22H2,1H3,(H2,43,50)/t30-/m1/s1. The Labute approximate surface area is 295 Å². The normalized spacial score (nSPS) is 16.1. The number of anilines is 1. The average Bonchev–Trinajstić information content (AvgIpc) is 3.53. The molecule has 2 aliphatic rings. The van der Waals surface area contributed by atoms with Gasteiger partial charge in [0, 0.05) is 62.5 Å². The lowest BCUT2D eigenvalue weighted by Crippen LogP contribution is -2.52. The third kappa shape index (κ3) is 7.22. The molecule has 274 valence electrons. The van der Waals surface area contributed by atoms with E-state index in [1.54, 1.807) is 46.2 Å². The Morgan fingerprint density at radius 2 is 1.54 bits per heavy atom. The lowest BCUT2D eigenvalue weighted by molar-refractivity contribution is -0.138. The number of benzene rings is 3. The highest BCUT2D eigenvalue weighted by Crippen LogP contribution is 2.34. The summed E-state index contributed by atoms with van der Waals surface area (Å²) >= 11 is 0. The molecule has 15 heteroatoms. The van der Waals surface area contributed by atoms with Gasteiger partial charge in [0.25, 0.3) is 11.5 Å². The first-order valence-electron chi connectivity index (χ1n) is 16.8. The summed E-state index contributed by atoms with van der Waals surface area (Å²) in [5.41, 5.74) is 2.43. The predicted octanol–water partition coefficient (Wildman–Crippen LogP) is 4.45. The Bertz CT molecular complexity index is 2110. The number of hydrogen-bond acceptors (Lipinski definition) is 6. The number of likely N-dealkylation sites (tertiary alicyclic amines) is 1. The molecule has 0 radical (unpaired) electrons. The summed E-state index contributed by atoms with van der Waals surface area (Å²) in [7, 11) is 0.